The molecule has 0 bridgehead atoms. The minimum atomic E-state index is -3.40. The zero-order valence-corrected chi connectivity index (χ0v) is 10.5. The van der Waals surface area contributed by atoms with Crippen LogP contribution in [0.1, 0.15) is 0 Å². The van der Waals surface area contributed by atoms with Gasteiger partial charge in [-0.2, -0.15) is 4.98 Å². The zero-order chi connectivity index (χ0) is 13.2. The van der Waals surface area contributed by atoms with E-state index in [4.69, 9.17) is 5.73 Å². The number of anilines is 3. The average Bonchev–Trinajstić information content (AvgIpc) is 2.28. The standard InChI is InChI=1S/C11H12N4O2S/c1-18(16,17)9-7-13-11(15-10(9)12)14-8-5-3-2-4-6-8/h2-7H,1H3,(H3,12,13,14,15). The van der Waals surface area contributed by atoms with Gasteiger partial charge in [0.05, 0.1) is 6.20 Å². The highest BCUT2D eigenvalue weighted by molar-refractivity contribution is 7.90. The van der Waals surface area contributed by atoms with Crippen LogP contribution in [0.2, 0.25) is 0 Å². The minimum absolute atomic E-state index is 0.0640. The average molecular weight is 264 g/mol. The SMILES string of the molecule is CS(=O)(=O)c1cnc(Nc2ccccc2)nc1N. The van der Waals surface area contributed by atoms with Gasteiger partial charge in [0.15, 0.2) is 9.84 Å². The first-order chi connectivity index (χ1) is 8.47. The molecule has 0 spiro atoms. The van der Waals surface area contributed by atoms with E-state index in [0.717, 1.165) is 11.9 Å². The highest BCUT2D eigenvalue weighted by Gasteiger charge is 2.14. The Morgan fingerprint density at radius 2 is 1.89 bits per heavy atom. The summed E-state index contributed by atoms with van der Waals surface area (Å²) in [5.74, 6) is 0.192. The first-order valence-corrected chi connectivity index (χ1v) is 7.00. The molecule has 0 fully saturated rings. The van der Waals surface area contributed by atoms with Crippen molar-refractivity contribution >= 4 is 27.3 Å². The number of para-hydroxylation sites is 1. The van der Waals surface area contributed by atoms with E-state index >= 15 is 0 Å². The van der Waals surface area contributed by atoms with Crippen molar-refractivity contribution in [1.29, 1.82) is 0 Å². The Balaban J connectivity index is 2.30. The van der Waals surface area contributed by atoms with Gasteiger partial charge in [0.25, 0.3) is 0 Å². The molecule has 0 saturated carbocycles. The van der Waals surface area contributed by atoms with Crippen LogP contribution >= 0.6 is 0 Å². The van der Waals surface area contributed by atoms with Crippen LogP contribution in [0.15, 0.2) is 41.4 Å². The lowest BCUT2D eigenvalue weighted by Gasteiger charge is -2.07. The van der Waals surface area contributed by atoms with Crippen LogP contribution in [-0.2, 0) is 9.84 Å². The third-order valence-corrected chi connectivity index (χ3v) is 3.33. The lowest BCUT2D eigenvalue weighted by atomic mass is 10.3. The van der Waals surface area contributed by atoms with Crippen LogP contribution in [0.25, 0.3) is 0 Å². The van der Waals surface area contributed by atoms with Crippen molar-refractivity contribution in [1.82, 2.24) is 9.97 Å². The summed E-state index contributed by atoms with van der Waals surface area (Å²) in [6, 6.07) is 9.27. The number of aromatic nitrogens is 2. The molecule has 0 atom stereocenters. The van der Waals surface area contributed by atoms with E-state index in [1.165, 1.54) is 6.20 Å². The fourth-order valence-corrected chi connectivity index (χ4v) is 2.05. The van der Waals surface area contributed by atoms with Gasteiger partial charge in [0, 0.05) is 11.9 Å². The van der Waals surface area contributed by atoms with Gasteiger partial charge in [-0.3, -0.25) is 0 Å². The Kier molecular flexibility index (Phi) is 3.15. The molecule has 6 nitrogen and oxygen atoms in total. The molecule has 2 rings (SSSR count). The maximum Gasteiger partial charge on any atom is 0.229 e. The number of hydrogen-bond donors (Lipinski definition) is 2. The minimum Gasteiger partial charge on any atom is -0.382 e. The monoisotopic (exact) mass is 264 g/mol. The third kappa shape index (κ3) is 2.75. The molecule has 1 aromatic heterocycles. The second kappa shape index (κ2) is 4.61. The first-order valence-electron chi connectivity index (χ1n) is 5.11. The molecular weight excluding hydrogens is 252 g/mol. The van der Waals surface area contributed by atoms with Crippen molar-refractivity contribution in [2.75, 3.05) is 17.3 Å². The molecule has 0 saturated heterocycles. The summed E-state index contributed by atoms with van der Waals surface area (Å²) in [5.41, 5.74) is 6.39. The molecule has 2 aromatic rings. The molecule has 0 unspecified atom stereocenters. The van der Waals surface area contributed by atoms with Crippen LogP contribution < -0.4 is 11.1 Å². The smallest absolute Gasteiger partial charge is 0.229 e. The van der Waals surface area contributed by atoms with Gasteiger partial charge in [0.1, 0.15) is 10.7 Å². The Morgan fingerprint density at radius 3 is 2.44 bits per heavy atom. The maximum absolute atomic E-state index is 11.3. The fraction of sp³-hybridized carbons (Fsp3) is 0.0909. The van der Waals surface area contributed by atoms with E-state index in [-0.39, 0.29) is 16.7 Å². The number of sulfone groups is 1. The van der Waals surface area contributed by atoms with Gasteiger partial charge >= 0.3 is 0 Å². The summed E-state index contributed by atoms with van der Waals surface area (Å²) >= 11 is 0. The summed E-state index contributed by atoms with van der Waals surface area (Å²) < 4.78 is 22.7. The van der Waals surface area contributed by atoms with Gasteiger partial charge in [-0.1, -0.05) is 18.2 Å². The number of benzene rings is 1. The second-order valence-corrected chi connectivity index (χ2v) is 5.69. The summed E-state index contributed by atoms with van der Waals surface area (Å²) in [5, 5.41) is 2.93. The summed E-state index contributed by atoms with van der Waals surface area (Å²) in [6.07, 6.45) is 2.26. The van der Waals surface area contributed by atoms with Crippen LogP contribution in [0, 0.1) is 0 Å². The van der Waals surface area contributed by atoms with Gasteiger partial charge in [0.2, 0.25) is 5.95 Å². The fourth-order valence-electron chi connectivity index (χ4n) is 1.38. The summed E-state index contributed by atoms with van der Waals surface area (Å²) in [7, 11) is -3.40. The number of nitrogen functional groups attached to an aromatic ring is 1. The van der Waals surface area contributed by atoms with E-state index in [1.54, 1.807) is 0 Å². The number of nitrogens with zero attached hydrogens (tertiary/aromatic N) is 2. The van der Waals surface area contributed by atoms with Crippen LogP contribution in [0.4, 0.5) is 17.5 Å². The van der Waals surface area contributed by atoms with Crippen LogP contribution in [-0.4, -0.2) is 24.6 Å². The number of hydrogen-bond acceptors (Lipinski definition) is 6. The van der Waals surface area contributed by atoms with Crippen molar-refractivity contribution in [3.8, 4) is 0 Å². The Labute approximate surface area is 105 Å². The van der Waals surface area contributed by atoms with E-state index in [1.807, 2.05) is 30.3 Å². The molecule has 1 heterocycles. The Bertz CT molecular complexity index is 656. The molecule has 7 heteroatoms. The second-order valence-electron chi connectivity index (χ2n) is 3.71. The van der Waals surface area contributed by atoms with E-state index in [2.05, 4.69) is 15.3 Å². The number of nitrogens with one attached hydrogen (secondary N) is 1. The Morgan fingerprint density at radius 1 is 1.22 bits per heavy atom. The summed E-state index contributed by atoms with van der Waals surface area (Å²) in [4.78, 5) is 7.76. The van der Waals surface area contributed by atoms with Gasteiger partial charge in [-0.25, -0.2) is 13.4 Å². The Hall–Kier alpha value is -2.15. The highest BCUT2D eigenvalue weighted by Crippen LogP contribution is 2.18. The molecule has 94 valence electrons. The molecule has 18 heavy (non-hydrogen) atoms. The summed E-state index contributed by atoms with van der Waals surface area (Å²) in [6.45, 7) is 0. The maximum atomic E-state index is 11.3. The zero-order valence-electron chi connectivity index (χ0n) is 9.66. The van der Waals surface area contributed by atoms with Crippen molar-refractivity contribution < 1.29 is 8.42 Å². The lowest BCUT2D eigenvalue weighted by Crippen LogP contribution is -2.07. The molecule has 0 aliphatic heterocycles. The molecule has 0 radical (unpaired) electrons. The third-order valence-electron chi connectivity index (χ3n) is 2.21. The lowest BCUT2D eigenvalue weighted by molar-refractivity contribution is 0.601. The molecule has 3 N–H and O–H groups in total. The van der Waals surface area contributed by atoms with Gasteiger partial charge in [-0.15, -0.1) is 0 Å². The largest absolute Gasteiger partial charge is 0.382 e. The van der Waals surface area contributed by atoms with Gasteiger partial charge < -0.3 is 11.1 Å². The predicted molar refractivity (Wildman–Crippen MR) is 69.3 cm³/mol. The molecule has 0 aliphatic carbocycles. The van der Waals surface area contributed by atoms with Crippen molar-refractivity contribution in [2.45, 2.75) is 4.90 Å². The van der Waals surface area contributed by atoms with E-state index < -0.39 is 9.84 Å². The van der Waals surface area contributed by atoms with Crippen LogP contribution in [0.5, 0.6) is 0 Å². The highest BCUT2D eigenvalue weighted by atomic mass is 32.2. The van der Waals surface area contributed by atoms with E-state index in [0.29, 0.717) is 0 Å². The number of rotatable bonds is 3. The molecule has 0 aliphatic rings. The van der Waals surface area contributed by atoms with Crippen LogP contribution in [0.3, 0.4) is 0 Å². The molecule has 1 aromatic carbocycles. The van der Waals surface area contributed by atoms with Crippen molar-refractivity contribution in [3.63, 3.8) is 0 Å². The van der Waals surface area contributed by atoms with Crippen molar-refractivity contribution in [2.24, 2.45) is 0 Å². The van der Waals surface area contributed by atoms with Gasteiger partial charge in [-0.05, 0) is 12.1 Å². The normalized spacial score (nSPS) is 11.2. The quantitative estimate of drug-likeness (QED) is 0.864. The van der Waals surface area contributed by atoms with Crippen molar-refractivity contribution in [3.05, 3.63) is 36.5 Å². The predicted octanol–water partition coefficient (Wildman–Crippen LogP) is 1.21. The molecule has 0 amide bonds. The first kappa shape index (κ1) is 12.3. The topological polar surface area (TPSA) is 98.0 Å². The number of nitrogens with two attached hydrogens (primary N) is 1. The molecular formula is C11H12N4O2S. The van der Waals surface area contributed by atoms with E-state index in [9.17, 15) is 8.42 Å².